The SMILES string of the molecule is CC(=O)C(CCC(=O)N[C@H](C(=O)C[C@@H](C)C(=O)NCCN)C(C)C)S(=O)(=O)O. The average molecular weight is 422 g/mol. The van der Waals surface area contributed by atoms with Crippen molar-refractivity contribution in [2.24, 2.45) is 17.6 Å². The quantitative estimate of drug-likeness (QED) is 0.286. The van der Waals surface area contributed by atoms with Gasteiger partial charge in [-0.1, -0.05) is 20.8 Å². The molecule has 0 bridgehead atoms. The third kappa shape index (κ3) is 9.38. The lowest BCUT2D eigenvalue weighted by molar-refractivity contribution is -0.132. The molecule has 0 aromatic carbocycles. The monoisotopic (exact) mass is 421 g/mol. The summed E-state index contributed by atoms with van der Waals surface area (Å²) in [5, 5.41) is 3.43. The van der Waals surface area contributed by atoms with Crippen molar-refractivity contribution in [1.29, 1.82) is 0 Å². The first-order valence-corrected chi connectivity index (χ1v) is 10.6. The molecule has 1 unspecified atom stereocenters. The van der Waals surface area contributed by atoms with Crippen LogP contribution in [0.5, 0.6) is 0 Å². The molecule has 0 spiro atoms. The molecule has 10 nitrogen and oxygen atoms in total. The summed E-state index contributed by atoms with van der Waals surface area (Å²) >= 11 is 0. The van der Waals surface area contributed by atoms with Crippen LogP contribution in [-0.4, -0.2) is 60.7 Å². The molecule has 11 heteroatoms. The molecule has 28 heavy (non-hydrogen) atoms. The maximum Gasteiger partial charge on any atom is 0.274 e. The summed E-state index contributed by atoms with van der Waals surface area (Å²) < 4.78 is 31.4. The Bertz CT molecular complexity index is 676. The highest BCUT2D eigenvalue weighted by molar-refractivity contribution is 7.87. The Hall–Kier alpha value is -1.85. The maximum atomic E-state index is 12.5. The van der Waals surface area contributed by atoms with Crippen LogP contribution in [0.15, 0.2) is 0 Å². The molecule has 2 amide bonds. The van der Waals surface area contributed by atoms with Crippen LogP contribution in [0.3, 0.4) is 0 Å². The van der Waals surface area contributed by atoms with Gasteiger partial charge in [-0.2, -0.15) is 8.42 Å². The molecule has 0 aromatic rings. The van der Waals surface area contributed by atoms with Crippen LogP contribution in [-0.2, 0) is 29.3 Å². The summed E-state index contributed by atoms with van der Waals surface area (Å²) in [4.78, 5) is 47.8. The van der Waals surface area contributed by atoms with E-state index in [1.165, 1.54) is 0 Å². The minimum absolute atomic E-state index is 0.0827. The summed E-state index contributed by atoms with van der Waals surface area (Å²) in [6.45, 7) is 6.62. The van der Waals surface area contributed by atoms with Crippen LogP contribution in [0.2, 0.25) is 0 Å². The summed E-state index contributed by atoms with van der Waals surface area (Å²) in [5.74, 6) is -2.91. The largest absolute Gasteiger partial charge is 0.355 e. The standard InChI is InChI=1S/C17H31N3O7S/c1-10(2)16(13(22)9-11(3)17(24)19-8-7-18)20-15(23)6-5-14(12(4)21)28(25,26)27/h10-11,14,16H,5-9,18H2,1-4H3,(H,19,24)(H,20,23)(H,25,26,27)/t11-,14?,16+/m1/s1. The van der Waals surface area contributed by atoms with E-state index in [1.54, 1.807) is 20.8 Å². The van der Waals surface area contributed by atoms with Crippen LogP contribution < -0.4 is 16.4 Å². The fraction of sp³-hybridized carbons (Fsp3) is 0.765. The van der Waals surface area contributed by atoms with Gasteiger partial charge in [-0.15, -0.1) is 0 Å². The third-order valence-corrected chi connectivity index (χ3v) is 5.46. The number of Topliss-reactive ketones (excluding diaryl/α,β-unsaturated/α-hetero) is 2. The Morgan fingerprint density at radius 3 is 2.11 bits per heavy atom. The van der Waals surface area contributed by atoms with Gasteiger partial charge < -0.3 is 16.4 Å². The Kier molecular flexibility index (Phi) is 11.1. The number of carbonyl (C=O) groups is 4. The van der Waals surface area contributed by atoms with Crippen molar-refractivity contribution >= 4 is 33.5 Å². The lowest BCUT2D eigenvalue weighted by atomic mass is 9.92. The molecule has 0 fully saturated rings. The highest BCUT2D eigenvalue weighted by Gasteiger charge is 2.30. The summed E-state index contributed by atoms with van der Waals surface area (Å²) in [6, 6.07) is -0.862. The second-order valence-corrected chi connectivity index (χ2v) is 8.69. The number of nitrogens with one attached hydrogen (secondary N) is 2. The van der Waals surface area contributed by atoms with Crippen LogP contribution in [0.1, 0.15) is 47.0 Å². The van der Waals surface area contributed by atoms with Crippen molar-refractivity contribution < 1.29 is 32.1 Å². The van der Waals surface area contributed by atoms with Gasteiger partial charge in [0.25, 0.3) is 10.1 Å². The van der Waals surface area contributed by atoms with Crippen molar-refractivity contribution in [2.45, 2.75) is 58.2 Å². The van der Waals surface area contributed by atoms with Crippen LogP contribution >= 0.6 is 0 Å². The topological polar surface area (TPSA) is 173 Å². The van der Waals surface area contributed by atoms with Gasteiger partial charge in [-0.3, -0.25) is 23.7 Å². The van der Waals surface area contributed by atoms with Crippen molar-refractivity contribution in [3.05, 3.63) is 0 Å². The van der Waals surface area contributed by atoms with Gasteiger partial charge in [0.05, 0.1) is 6.04 Å². The molecule has 0 aliphatic heterocycles. The predicted molar refractivity (Wildman–Crippen MR) is 103 cm³/mol. The molecule has 0 saturated heterocycles. The Morgan fingerprint density at radius 2 is 1.68 bits per heavy atom. The van der Waals surface area contributed by atoms with Crippen molar-refractivity contribution in [3.8, 4) is 0 Å². The lowest BCUT2D eigenvalue weighted by Gasteiger charge is -2.23. The minimum Gasteiger partial charge on any atom is -0.355 e. The number of hydrogen-bond donors (Lipinski definition) is 4. The van der Waals surface area contributed by atoms with Crippen molar-refractivity contribution in [1.82, 2.24) is 10.6 Å². The Labute approximate surface area is 165 Å². The van der Waals surface area contributed by atoms with E-state index < -0.39 is 45.4 Å². The fourth-order valence-corrected chi connectivity index (χ4v) is 3.41. The van der Waals surface area contributed by atoms with Crippen LogP contribution in [0, 0.1) is 11.8 Å². The predicted octanol–water partition coefficient (Wildman–Crippen LogP) is -0.577. The first kappa shape index (κ1) is 26.1. The molecule has 0 heterocycles. The van der Waals surface area contributed by atoms with Gasteiger partial charge in [0.15, 0.2) is 5.78 Å². The normalized spacial score (nSPS) is 14.8. The average Bonchev–Trinajstić information content (AvgIpc) is 2.55. The molecule has 0 aliphatic rings. The number of nitrogens with two attached hydrogens (primary N) is 1. The Balaban J connectivity index is 4.88. The van der Waals surface area contributed by atoms with E-state index in [0.29, 0.717) is 6.54 Å². The molecule has 0 radical (unpaired) electrons. The number of rotatable bonds is 13. The smallest absolute Gasteiger partial charge is 0.274 e. The zero-order chi connectivity index (χ0) is 22.1. The summed E-state index contributed by atoms with van der Waals surface area (Å²) in [7, 11) is -4.60. The molecular weight excluding hydrogens is 390 g/mol. The number of amides is 2. The van der Waals surface area contributed by atoms with Gasteiger partial charge in [0.2, 0.25) is 11.8 Å². The molecule has 5 N–H and O–H groups in total. The van der Waals surface area contributed by atoms with Gasteiger partial charge >= 0.3 is 0 Å². The minimum atomic E-state index is -4.60. The van der Waals surface area contributed by atoms with Crippen LogP contribution in [0.25, 0.3) is 0 Å². The first-order valence-electron chi connectivity index (χ1n) is 9.07. The molecule has 3 atom stereocenters. The van der Waals surface area contributed by atoms with E-state index in [4.69, 9.17) is 10.3 Å². The van der Waals surface area contributed by atoms with E-state index in [2.05, 4.69) is 10.6 Å². The zero-order valence-electron chi connectivity index (χ0n) is 16.7. The van der Waals surface area contributed by atoms with E-state index in [1.807, 2.05) is 0 Å². The van der Waals surface area contributed by atoms with E-state index in [-0.39, 0.29) is 37.0 Å². The fourth-order valence-electron chi connectivity index (χ4n) is 2.58. The second-order valence-electron chi connectivity index (χ2n) is 7.09. The Morgan fingerprint density at radius 1 is 1.11 bits per heavy atom. The number of ketones is 2. The molecule has 0 rings (SSSR count). The maximum absolute atomic E-state index is 12.5. The highest BCUT2D eigenvalue weighted by atomic mass is 32.2. The number of carbonyl (C=O) groups excluding carboxylic acids is 4. The molecular formula is C17H31N3O7S. The zero-order valence-corrected chi connectivity index (χ0v) is 17.5. The lowest BCUT2D eigenvalue weighted by Crippen LogP contribution is -2.46. The molecule has 0 aliphatic carbocycles. The van der Waals surface area contributed by atoms with Gasteiger partial charge in [-0.25, -0.2) is 0 Å². The summed E-state index contributed by atoms with van der Waals surface area (Å²) in [6.07, 6.45) is -0.829. The van der Waals surface area contributed by atoms with Gasteiger partial charge in [-0.05, 0) is 19.3 Å². The molecule has 0 saturated carbocycles. The van der Waals surface area contributed by atoms with Gasteiger partial charge in [0, 0.05) is 31.8 Å². The second kappa shape index (κ2) is 11.9. The highest BCUT2D eigenvalue weighted by Crippen LogP contribution is 2.13. The number of hydrogen-bond acceptors (Lipinski definition) is 7. The van der Waals surface area contributed by atoms with Crippen LogP contribution in [0.4, 0.5) is 0 Å². The third-order valence-electron chi connectivity index (χ3n) is 4.18. The van der Waals surface area contributed by atoms with E-state index >= 15 is 0 Å². The van der Waals surface area contributed by atoms with E-state index in [9.17, 15) is 27.6 Å². The van der Waals surface area contributed by atoms with E-state index in [0.717, 1.165) is 6.92 Å². The first-order chi connectivity index (χ1) is 12.8. The van der Waals surface area contributed by atoms with Crippen molar-refractivity contribution in [3.63, 3.8) is 0 Å². The summed E-state index contributed by atoms with van der Waals surface area (Å²) in [5.41, 5.74) is 5.31. The van der Waals surface area contributed by atoms with Gasteiger partial charge in [0.1, 0.15) is 11.0 Å². The molecule has 162 valence electrons. The molecule has 0 aromatic heterocycles. The van der Waals surface area contributed by atoms with Crippen molar-refractivity contribution in [2.75, 3.05) is 13.1 Å².